The number of phenols is 1. The summed E-state index contributed by atoms with van der Waals surface area (Å²) in [6, 6.07) is 4.92. The molecule has 1 rings (SSSR count). The molecule has 6 heteroatoms. The highest BCUT2D eigenvalue weighted by molar-refractivity contribution is 5.94. The Morgan fingerprint density at radius 2 is 1.80 bits per heavy atom. The van der Waals surface area contributed by atoms with Gasteiger partial charge in [-0.15, -0.1) is 0 Å². The van der Waals surface area contributed by atoms with Gasteiger partial charge < -0.3 is 10.4 Å². The van der Waals surface area contributed by atoms with Crippen LogP contribution in [0.15, 0.2) is 24.3 Å². The first-order valence-electron chi connectivity index (χ1n) is 4.02. The summed E-state index contributed by atoms with van der Waals surface area (Å²) >= 11 is 0. The first-order valence-corrected chi connectivity index (χ1v) is 4.02. The van der Waals surface area contributed by atoms with E-state index in [9.17, 15) is 18.0 Å². The Labute approximate surface area is 83.5 Å². The zero-order valence-corrected chi connectivity index (χ0v) is 7.51. The third-order valence-corrected chi connectivity index (χ3v) is 1.58. The van der Waals surface area contributed by atoms with Gasteiger partial charge in [-0.2, -0.15) is 13.2 Å². The summed E-state index contributed by atoms with van der Waals surface area (Å²) in [6.45, 7) is -1.37. The van der Waals surface area contributed by atoms with Gasteiger partial charge in [0.25, 0.3) is 5.91 Å². The van der Waals surface area contributed by atoms with E-state index in [0.29, 0.717) is 0 Å². The number of benzene rings is 1. The number of hydrogen-bond acceptors (Lipinski definition) is 2. The van der Waals surface area contributed by atoms with Crippen molar-refractivity contribution in [2.75, 3.05) is 6.54 Å². The van der Waals surface area contributed by atoms with E-state index in [4.69, 9.17) is 5.11 Å². The van der Waals surface area contributed by atoms with Gasteiger partial charge in [0.15, 0.2) is 0 Å². The van der Waals surface area contributed by atoms with Crippen LogP contribution in [0.25, 0.3) is 0 Å². The van der Waals surface area contributed by atoms with E-state index in [2.05, 4.69) is 0 Å². The highest BCUT2D eigenvalue weighted by Crippen LogP contribution is 2.13. The van der Waals surface area contributed by atoms with Crippen molar-refractivity contribution in [1.29, 1.82) is 0 Å². The van der Waals surface area contributed by atoms with Crippen LogP contribution in [0.3, 0.4) is 0 Å². The van der Waals surface area contributed by atoms with Crippen molar-refractivity contribution in [3.05, 3.63) is 29.8 Å². The maximum absolute atomic E-state index is 11.7. The molecule has 0 atom stereocenters. The third kappa shape index (κ3) is 3.88. The molecule has 15 heavy (non-hydrogen) atoms. The van der Waals surface area contributed by atoms with Crippen LogP contribution < -0.4 is 5.32 Å². The van der Waals surface area contributed by atoms with E-state index in [0.717, 1.165) is 0 Å². The largest absolute Gasteiger partial charge is 0.508 e. The van der Waals surface area contributed by atoms with Crippen molar-refractivity contribution in [1.82, 2.24) is 5.32 Å². The predicted octanol–water partition coefficient (Wildman–Crippen LogP) is 1.68. The molecule has 0 heterocycles. The fourth-order valence-electron chi connectivity index (χ4n) is 0.895. The molecule has 0 aliphatic heterocycles. The van der Waals surface area contributed by atoms with Gasteiger partial charge in [-0.3, -0.25) is 4.79 Å². The molecule has 0 spiro atoms. The lowest BCUT2D eigenvalue weighted by atomic mass is 10.2. The van der Waals surface area contributed by atoms with Crippen LogP contribution in [0.4, 0.5) is 13.2 Å². The van der Waals surface area contributed by atoms with Crippen LogP contribution >= 0.6 is 0 Å². The van der Waals surface area contributed by atoms with Gasteiger partial charge >= 0.3 is 6.18 Å². The molecular formula is C9H8F3NO2. The minimum Gasteiger partial charge on any atom is -0.508 e. The second-order valence-electron chi connectivity index (χ2n) is 2.84. The molecule has 0 unspecified atom stereocenters. The zero-order chi connectivity index (χ0) is 11.5. The Morgan fingerprint density at radius 1 is 1.27 bits per heavy atom. The molecule has 1 aromatic carbocycles. The number of carbonyl (C=O) groups excluding carboxylic acids is 1. The molecule has 0 fully saturated rings. The predicted molar refractivity (Wildman–Crippen MR) is 46.5 cm³/mol. The summed E-state index contributed by atoms with van der Waals surface area (Å²) in [5, 5.41) is 10.6. The number of halogens is 3. The number of phenolic OH excluding ortho intramolecular Hbond substituents is 1. The normalized spacial score (nSPS) is 11.1. The zero-order valence-electron chi connectivity index (χ0n) is 7.51. The fraction of sp³-hybridized carbons (Fsp3) is 0.222. The second kappa shape index (κ2) is 4.20. The maximum atomic E-state index is 11.7. The highest BCUT2D eigenvalue weighted by atomic mass is 19.4. The van der Waals surface area contributed by atoms with Crippen molar-refractivity contribution in [3.8, 4) is 5.75 Å². The Bertz CT molecular complexity index is 345. The molecule has 0 saturated carbocycles. The van der Waals surface area contributed by atoms with E-state index >= 15 is 0 Å². The van der Waals surface area contributed by atoms with Crippen LogP contribution in [0, 0.1) is 0 Å². The van der Waals surface area contributed by atoms with Crippen molar-refractivity contribution >= 4 is 5.91 Å². The van der Waals surface area contributed by atoms with Crippen molar-refractivity contribution in [3.63, 3.8) is 0 Å². The summed E-state index contributed by atoms with van der Waals surface area (Å²) in [5.74, 6) is -0.880. The molecule has 0 saturated heterocycles. The number of carbonyl (C=O) groups is 1. The van der Waals surface area contributed by atoms with Crippen molar-refractivity contribution in [2.24, 2.45) is 0 Å². The summed E-state index contributed by atoms with van der Waals surface area (Å²) in [4.78, 5) is 11.1. The maximum Gasteiger partial charge on any atom is 0.405 e. The molecule has 0 radical (unpaired) electrons. The quantitative estimate of drug-likeness (QED) is 0.795. The van der Waals surface area contributed by atoms with Crippen molar-refractivity contribution in [2.45, 2.75) is 6.18 Å². The molecule has 0 bridgehead atoms. The summed E-state index contributed by atoms with van der Waals surface area (Å²) < 4.78 is 35.2. The molecule has 0 aliphatic carbocycles. The Balaban J connectivity index is 2.58. The van der Waals surface area contributed by atoms with Gasteiger partial charge in [-0.1, -0.05) is 0 Å². The van der Waals surface area contributed by atoms with Gasteiger partial charge in [-0.05, 0) is 24.3 Å². The minimum atomic E-state index is -4.42. The lowest BCUT2D eigenvalue weighted by Gasteiger charge is -2.08. The molecule has 3 nitrogen and oxygen atoms in total. The van der Waals surface area contributed by atoms with Gasteiger partial charge in [-0.25, -0.2) is 0 Å². The summed E-state index contributed by atoms with van der Waals surface area (Å²) in [6.07, 6.45) is -4.42. The van der Waals surface area contributed by atoms with Crippen molar-refractivity contribution < 1.29 is 23.1 Å². The molecule has 0 aliphatic rings. The SMILES string of the molecule is O=C(NCC(F)(F)F)c1ccc(O)cc1. The van der Waals surface area contributed by atoms with Gasteiger partial charge in [0, 0.05) is 5.56 Å². The summed E-state index contributed by atoms with van der Waals surface area (Å²) in [7, 11) is 0. The number of aromatic hydroxyl groups is 1. The van der Waals surface area contributed by atoms with Crippen LogP contribution in [-0.4, -0.2) is 23.7 Å². The topological polar surface area (TPSA) is 49.3 Å². The lowest BCUT2D eigenvalue weighted by Crippen LogP contribution is -2.33. The molecule has 82 valence electrons. The second-order valence-corrected chi connectivity index (χ2v) is 2.84. The average Bonchev–Trinajstić information content (AvgIpc) is 2.14. The van der Waals surface area contributed by atoms with E-state index in [1.807, 2.05) is 0 Å². The first kappa shape index (κ1) is 11.4. The number of hydrogen-bond donors (Lipinski definition) is 2. The van der Waals surface area contributed by atoms with E-state index < -0.39 is 18.6 Å². The number of alkyl halides is 3. The molecule has 0 aromatic heterocycles. The van der Waals surface area contributed by atoms with E-state index in [1.165, 1.54) is 24.3 Å². The van der Waals surface area contributed by atoms with E-state index in [1.54, 1.807) is 5.32 Å². The molecular weight excluding hydrogens is 211 g/mol. The van der Waals surface area contributed by atoms with Gasteiger partial charge in [0.05, 0.1) is 0 Å². The highest BCUT2D eigenvalue weighted by Gasteiger charge is 2.27. The van der Waals surface area contributed by atoms with E-state index in [-0.39, 0.29) is 11.3 Å². The average molecular weight is 219 g/mol. The molecule has 1 amide bonds. The Morgan fingerprint density at radius 3 is 2.27 bits per heavy atom. The Kier molecular flexibility index (Phi) is 3.18. The minimum absolute atomic E-state index is 0.0534. The van der Waals surface area contributed by atoms with Crippen LogP contribution in [0.5, 0.6) is 5.75 Å². The van der Waals surface area contributed by atoms with Gasteiger partial charge in [0.2, 0.25) is 0 Å². The first-order chi connectivity index (χ1) is 6.88. The smallest absolute Gasteiger partial charge is 0.405 e. The van der Waals surface area contributed by atoms with Crippen LogP contribution in [0.2, 0.25) is 0 Å². The Hall–Kier alpha value is -1.72. The number of amides is 1. The standard InChI is InChI=1S/C9H8F3NO2/c10-9(11,12)5-13-8(15)6-1-3-7(14)4-2-6/h1-4,14H,5H2,(H,13,15). The van der Waals surface area contributed by atoms with Gasteiger partial charge in [0.1, 0.15) is 12.3 Å². The molecule has 2 N–H and O–H groups in total. The number of nitrogens with one attached hydrogen (secondary N) is 1. The summed E-state index contributed by atoms with van der Waals surface area (Å²) in [5.41, 5.74) is 0.0667. The lowest BCUT2D eigenvalue weighted by molar-refractivity contribution is -0.123. The molecule has 1 aromatic rings. The van der Waals surface area contributed by atoms with Crippen LogP contribution in [-0.2, 0) is 0 Å². The van der Waals surface area contributed by atoms with Crippen LogP contribution in [0.1, 0.15) is 10.4 Å². The fourth-order valence-corrected chi connectivity index (χ4v) is 0.895. The monoisotopic (exact) mass is 219 g/mol. The number of rotatable bonds is 2. The third-order valence-electron chi connectivity index (χ3n) is 1.58.